The molecule has 4 heterocycles. The van der Waals surface area contributed by atoms with Crippen LogP contribution in [-0.4, -0.2) is 61.0 Å². The van der Waals surface area contributed by atoms with Crippen LogP contribution in [0.15, 0.2) is 138 Å². The van der Waals surface area contributed by atoms with Gasteiger partial charge >= 0.3 is 0 Å². The molecule has 15 rings (SSSR count). The Kier molecular flexibility index (Phi) is 11.1. The van der Waals surface area contributed by atoms with Gasteiger partial charge in [-0.15, -0.1) is 0 Å². The maximum absolute atomic E-state index is 7.60. The lowest BCUT2D eigenvalue weighted by atomic mass is 9.48. The fraction of sp³-hybridized carbons (Fsp3) is 0.538. The molecular weight excluding hydrogens is 869 g/mol. The van der Waals surface area contributed by atoms with Crippen molar-refractivity contribution in [2.75, 3.05) is 21.2 Å². The zero-order valence-electron chi connectivity index (χ0n) is 41.9. The second-order valence-electron chi connectivity index (χ2n) is 24.5. The molecule has 1 N–H and O–H groups in total. The summed E-state index contributed by atoms with van der Waals surface area (Å²) in [4.78, 5) is 9.13. The lowest BCUT2D eigenvalue weighted by Crippen LogP contribution is -2.73. The molecular formula is C65H76N4O2. The maximum Gasteiger partial charge on any atom is 0.138 e. The number of morpholine rings is 1. The van der Waals surface area contributed by atoms with Crippen molar-refractivity contribution < 1.29 is 9.15 Å². The van der Waals surface area contributed by atoms with Crippen molar-refractivity contribution in [2.45, 2.75) is 170 Å². The standard InChI is InChI=1S/C65H76N4O2/c1-4-18-42(19-5-1)67-55-28-11-12-29-56(55)68(43-20-6-2-7-21-43)59-38-52-48-27-17-35-66-64(48)54-40-63-60(69(44-22-8-3-9-23-44)57-30-13-15-32-62(57)70-63)39-53(54)50-36-41(33-34-46(50)51(52)37-58(59)67)45-25-16-26-49-47-24-10-14-31-61(47)71-65(45)49/h1-10,14,16,18-26,31,41,46,48,50-60,62-64,66H,11-13,15,17,27-30,32-40H2. The predicted molar refractivity (Wildman–Crippen MR) is 289 cm³/mol. The first kappa shape index (κ1) is 43.8. The molecule has 9 aliphatic rings. The second kappa shape index (κ2) is 18.0. The number of benzene rings is 5. The summed E-state index contributed by atoms with van der Waals surface area (Å²) in [6, 6.07) is 54.8. The van der Waals surface area contributed by atoms with E-state index < -0.39 is 0 Å². The van der Waals surface area contributed by atoms with Gasteiger partial charge in [0.2, 0.25) is 0 Å². The summed E-state index contributed by atoms with van der Waals surface area (Å²) in [6.07, 6.45) is 22.6. The lowest BCUT2D eigenvalue weighted by molar-refractivity contribution is -0.143. The molecule has 3 saturated heterocycles. The summed E-state index contributed by atoms with van der Waals surface area (Å²) < 4.78 is 14.5. The van der Waals surface area contributed by atoms with Crippen molar-refractivity contribution in [3.63, 3.8) is 0 Å². The van der Waals surface area contributed by atoms with E-state index >= 15 is 0 Å². The minimum atomic E-state index is 0.280. The first-order valence-corrected chi connectivity index (χ1v) is 29.0. The topological polar surface area (TPSA) is 44.1 Å². The highest BCUT2D eigenvalue weighted by Crippen LogP contribution is 2.62. The van der Waals surface area contributed by atoms with Crippen LogP contribution in [0.2, 0.25) is 0 Å². The summed E-state index contributed by atoms with van der Waals surface area (Å²) in [5.41, 5.74) is 8.05. The highest BCUT2D eigenvalue weighted by atomic mass is 16.5. The molecule has 5 aromatic carbocycles. The number of piperidine rings is 1. The third kappa shape index (κ3) is 7.20. The van der Waals surface area contributed by atoms with Gasteiger partial charge in [0, 0.05) is 46.0 Å². The summed E-state index contributed by atoms with van der Waals surface area (Å²) in [5, 5.41) is 7.04. The quantitative estimate of drug-likeness (QED) is 0.178. The normalized spacial score (nSPS) is 38.8. The Morgan fingerprint density at radius 2 is 0.944 bits per heavy atom. The van der Waals surface area contributed by atoms with Gasteiger partial charge in [0.05, 0.1) is 36.4 Å². The zero-order chi connectivity index (χ0) is 46.6. The molecule has 9 fully saturated rings. The van der Waals surface area contributed by atoms with E-state index in [4.69, 9.17) is 9.15 Å². The van der Waals surface area contributed by atoms with Gasteiger partial charge in [0.15, 0.2) is 0 Å². The van der Waals surface area contributed by atoms with Crippen LogP contribution in [0.4, 0.5) is 17.1 Å². The molecule has 6 heteroatoms. The van der Waals surface area contributed by atoms with Gasteiger partial charge in [0.25, 0.3) is 0 Å². The maximum atomic E-state index is 7.60. The smallest absolute Gasteiger partial charge is 0.138 e. The molecule has 17 unspecified atom stereocenters. The highest BCUT2D eigenvalue weighted by molar-refractivity contribution is 6.05. The molecule has 0 bridgehead atoms. The van der Waals surface area contributed by atoms with Crippen LogP contribution in [-0.2, 0) is 4.74 Å². The second-order valence-corrected chi connectivity index (χ2v) is 24.5. The number of para-hydroxylation sites is 5. The fourth-order valence-corrected chi connectivity index (χ4v) is 19.1. The van der Waals surface area contributed by atoms with E-state index in [1.807, 2.05) is 0 Å². The number of fused-ring (bicyclic) bond motifs is 15. The lowest BCUT2D eigenvalue weighted by Gasteiger charge is -2.66. The Morgan fingerprint density at radius 3 is 1.65 bits per heavy atom. The third-order valence-electron chi connectivity index (χ3n) is 21.5. The molecule has 0 amide bonds. The average molecular weight is 945 g/mol. The fourth-order valence-electron chi connectivity index (χ4n) is 19.1. The molecule has 1 aromatic heterocycles. The number of furan rings is 1. The van der Waals surface area contributed by atoms with Crippen molar-refractivity contribution in [3.8, 4) is 0 Å². The van der Waals surface area contributed by atoms with Gasteiger partial charge in [-0.2, -0.15) is 0 Å². The van der Waals surface area contributed by atoms with Crippen molar-refractivity contribution in [1.29, 1.82) is 0 Å². The number of anilines is 3. The largest absolute Gasteiger partial charge is 0.456 e. The van der Waals surface area contributed by atoms with Crippen LogP contribution in [0.3, 0.4) is 0 Å². The average Bonchev–Trinajstić information content (AvgIpc) is 3.82. The number of nitrogens with one attached hydrogen (secondary N) is 1. The van der Waals surface area contributed by atoms with Crippen LogP contribution >= 0.6 is 0 Å². The number of rotatable bonds is 4. The minimum absolute atomic E-state index is 0.280. The number of piperazine rings is 1. The Labute approximate surface area is 422 Å². The van der Waals surface area contributed by atoms with E-state index in [0.717, 1.165) is 17.7 Å². The third-order valence-corrected chi connectivity index (χ3v) is 21.5. The SMILES string of the molecule is c1ccc(N2C3CCCCC3OC3CC4C(CC32)C2CC(c3cccc5c3oc3ccccc35)CCC2C2CC3C(CC2C2CCCNC24)N(c2ccccc2)C2CCCCC2N3c2ccccc2)cc1. The van der Waals surface area contributed by atoms with E-state index in [2.05, 4.69) is 153 Å². The Morgan fingerprint density at radius 1 is 0.380 bits per heavy atom. The van der Waals surface area contributed by atoms with E-state index in [1.165, 1.54) is 143 Å². The van der Waals surface area contributed by atoms with Gasteiger partial charge in [-0.05, 0) is 185 Å². The van der Waals surface area contributed by atoms with Crippen molar-refractivity contribution in [2.24, 2.45) is 41.4 Å². The first-order chi connectivity index (χ1) is 35.2. The van der Waals surface area contributed by atoms with Crippen LogP contribution in [0.25, 0.3) is 21.9 Å². The Bertz CT molecular complexity index is 2820. The molecule has 6 aliphatic carbocycles. The Hall–Kier alpha value is -4.78. The first-order valence-electron chi connectivity index (χ1n) is 29.0. The van der Waals surface area contributed by atoms with Crippen molar-refractivity contribution in [1.82, 2.24) is 5.32 Å². The van der Waals surface area contributed by atoms with Crippen molar-refractivity contribution in [3.05, 3.63) is 139 Å². The minimum Gasteiger partial charge on any atom is -0.456 e. The molecule has 0 radical (unpaired) electrons. The molecule has 6 saturated carbocycles. The van der Waals surface area contributed by atoms with Crippen LogP contribution in [0, 0.1) is 41.4 Å². The van der Waals surface area contributed by atoms with Crippen LogP contribution in [0.5, 0.6) is 0 Å². The van der Waals surface area contributed by atoms with Crippen molar-refractivity contribution >= 4 is 39.0 Å². The van der Waals surface area contributed by atoms with E-state index in [0.29, 0.717) is 95.7 Å². The summed E-state index contributed by atoms with van der Waals surface area (Å²) in [6.45, 7) is 1.16. The van der Waals surface area contributed by atoms with E-state index in [9.17, 15) is 0 Å². The number of nitrogens with zero attached hydrogens (tertiary/aromatic N) is 3. The van der Waals surface area contributed by atoms with Gasteiger partial charge in [-0.25, -0.2) is 0 Å². The molecule has 6 nitrogen and oxygen atoms in total. The molecule has 71 heavy (non-hydrogen) atoms. The molecule has 368 valence electrons. The van der Waals surface area contributed by atoms with Gasteiger partial charge in [0.1, 0.15) is 11.2 Å². The van der Waals surface area contributed by atoms with Crippen LogP contribution in [0.1, 0.15) is 121 Å². The van der Waals surface area contributed by atoms with E-state index in [1.54, 1.807) is 0 Å². The number of ether oxygens (including phenoxy) is 1. The zero-order valence-corrected chi connectivity index (χ0v) is 41.9. The number of hydrogen-bond acceptors (Lipinski definition) is 6. The molecule has 17 atom stereocenters. The summed E-state index contributed by atoms with van der Waals surface area (Å²) in [7, 11) is 0. The Balaban J connectivity index is 0.878. The summed E-state index contributed by atoms with van der Waals surface area (Å²) in [5.74, 6) is 5.22. The number of hydrogen-bond donors (Lipinski definition) is 1. The molecule has 6 aromatic rings. The molecule has 3 aliphatic heterocycles. The monoisotopic (exact) mass is 945 g/mol. The van der Waals surface area contributed by atoms with Gasteiger partial charge < -0.3 is 29.2 Å². The highest BCUT2D eigenvalue weighted by Gasteiger charge is 2.61. The van der Waals surface area contributed by atoms with Gasteiger partial charge in [-0.1, -0.05) is 117 Å². The predicted octanol–water partition coefficient (Wildman–Crippen LogP) is 14.2. The van der Waals surface area contributed by atoms with Gasteiger partial charge in [-0.3, -0.25) is 0 Å². The van der Waals surface area contributed by atoms with E-state index in [-0.39, 0.29) is 6.10 Å². The summed E-state index contributed by atoms with van der Waals surface area (Å²) >= 11 is 0. The molecule has 0 spiro atoms. The van der Waals surface area contributed by atoms with Crippen LogP contribution < -0.4 is 20.0 Å².